The minimum atomic E-state index is 0.893. The summed E-state index contributed by atoms with van der Waals surface area (Å²) < 4.78 is 9.07. The summed E-state index contributed by atoms with van der Waals surface area (Å²) in [5.74, 6) is 0. The van der Waals surface area contributed by atoms with Crippen LogP contribution in [0, 0.1) is 0 Å². The van der Waals surface area contributed by atoms with Crippen LogP contribution >= 0.6 is 11.3 Å². The van der Waals surface area contributed by atoms with E-state index >= 15 is 0 Å². The van der Waals surface area contributed by atoms with E-state index in [1.165, 1.54) is 42.1 Å². The van der Waals surface area contributed by atoms with Crippen LogP contribution in [0.3, 0.4) is 0 Å². The highest BCUT2D eigenvalue weighted by atomic mass is 32.1. The highest BCUT2D eigenvalue weighted by molar-refractivity contribution is 7.26. The Morgan fingerprint density at radius 2 is 1.09 bits per heavy atom. The van der Waals surface area contributed by atoms with Crippen LogP contribution in [0.25, 0.3) is 64.0 Å². The average Bonchev–Trinajstić information content (AvgIpc) is 3.65. The maximum atomic E-state index is 6.51. The van der Waals surface area contributed by atoms with Gasteiger partial charge in [-0.2, -0.15) is 0 Å². The molecule has 0 radical (unpaired) electrons. The lowest BCUT2D eigenvalue weighted by atomic mass is 10.00. The number of hydrogen-bond acceptors (Lipinski definition) is 3. The van der Waals surface area contributed by atoms with Gasteiger partial charge in [-0.25, -0.2) is 0 Å². The summed E-state index contributed by atoms with van der Waals surface area (Å²) in [5.41, 5.74) is 7.56. The number of hydrogen-bond donors (Lipinski definition) is 0. The number of benzene rings is 7. The predicted octanol–water partition coefficient (Wildman–Crippen LogP) is 12.2. The molecular formula is C40H25NOS. The molecule has 2 aromatic heterocycles. The van der Waals surface area contributed by atoms with E-state index in [-0.39, 0.29) is 0 Å². The maximum absolute atomic E-state index is 6.51. The highest BCUT2D eigenvalue weighted by Gasteiger charge is 2.22. The van der Waals surface area contributed by atoms with E-state index in [0.717, 1.165) is 39.0 Å². The summed E-state index contributed by atoms with van der Waals surface area (Å²) in [6.45, 7) is 0. The third-order valence-electron chi connectivity index (χ3n) is 8.46. The van der Waals surface area contributed by atoms with E-state index in [0.29, 0.717) is 0 Å². The van der Waals surface area contributed by atoms with E-state index in [1.54, 1.807) is 0 Å². The van der Waals surface area contributed by atoms with Gasteiger partial charge in [0.2, 0.25) is 0 Å². The summed E-state index contributed by atoms with van der Waals surface area (Å²) >= 11 is 1.85. The van der Waals surface area contributed by atoms with Gasteiger partial charge in [0.15, 0.2) is 0 Å². The van der Waals surface area contributed by atoms with Crippen molar-refractivity contribution in [3.8, 4) is 11.1 Å². The van der Waals surface area contributed by atoms with Crippen LogP contribution in [-0.2, 0) is 0 Å². The highest BCUT2D eigenvalue weighted by Crippen LogP contribution is 2.48. The van der Waals surface area contributed by atoms with Gasteiger partial charge in [-0.05, 0) is 46.8 Å². The molecule has 3 heteroatoms. The smallest absolute Gasteiger partial charge is 0.138 e. The van der Waals surface area contributed by atoms with Crippen molar-refractivity contribution in [3.63, 3.8) is 0 Å². The molecule has 0 aliphatic carbocycles. The molecule has 43 heavy (non-hydrogen) atoms. The molecule has 2 nitrogen and oxygen atoms in total. The Bertz CT molecular complexity index is 2450. The van der Waals surface area contributed by atoms with Crippen molar-refractivity contribution >= 4 is 81.3 Å². The monoisotopic (exact) mass is 567 g/mol. The third-order valence-corrected chi connectivity index (χ3v) is 9.67. The van der Waals surface area contributed by atoms with Crippen LogP contribution in [0.4, 0.5) is 17.1 Å². The number of furan rings is 1. The Labute approximate surface area is 252 Å². The topological polar surface area (TPSA) is 16.4 Å². The quantitative estimate of drug-likeness (QED) is 0.210. The largest absolute Gasteiger partial charge is 0.456 e. The van der Waals surface area contributed by atoms with Gasteiger partial charge < -0.3 is 9.32 Å². The molecule has 0 atom stereocenters. The molecule has 0 aliphatic heterocycles. The Morgan fingerprint density at radius 3 is 1.93 bits per heavy atom. The van der Waals surface area contributed by atoms with Gasteiger partial charge in [-0.3, -0.25) is 0 Å². The SMILES string of the molecule is c1ccc(-c2ccc(N(c3cc4oc5ccccc5c4c4ccccc34)c3cccc4c3sc3ccccc34)cc2)cc1. The Balaban J connectivity index is 1.36. The summed E-state index contributed by atoms with van der Waals surface area (Å²) in [4.78, 5) is 2.42. The van der Waals surface area contributed by atoms with Crippen molar-refractivity contribution in [1.82, 2.24) is 0 Å². The fraction of sp³-hybridized carbons (Fsp3) is 0. The van der Waals surface area contributed by atoms with Crippen LogP contribution in [0.2, 0.25) is 0 Å². The molecule has 2 heterocycles. The fourth-order valence-corrected chi connectivity index (χ4v) is 7.71. The summed E-state index contributed by atoms with van der Waals surface area (Å²) in [5, 5.41) is 7.25. The van der Waals surface area contributed by atoms with Gasteiger partial charge in [0.05, 0.1) is 16.1 Å². The molecule has 9 rings (SSSR count). The lowest BCUT2D eigenvalue weighted by molar-refractivity contribution is 0.669. The first kappa shape index (κ1) is 24.2. The lowest BCUT2D eigenvalue weighted by Crippen LogP contribution is -2.10. The first-order valence-electron chi connectivity index (χ1n) is 14.5. The van der Waals surface area contributed by atoms with Crippen molar-refractivity contribution < 1.29 is 4.42 Å². The summed E-state index contributed by atoms with van der Waals surface area (Å²) in [7, 11) is 0. The number of para-hydroxylation sites is 1. The summed E-state index contributed by atoms with van der Waals surface area (Å²) in [6, 6.07) is 54.2. The van der Waals surface area contributed by atoms with E-state index in [2.05, 4.69) is 150 Å². The zero-order valence-electron chi connectivity index (χ0n) is 23.2. The van der Waals surface area contributed by atoms with Gasteiger partial charge in [-0.15, -0.1) is 11.3 Å². The molecule has 0 bridgehead atoms. The fourth-order valence-electron chi connectivity index (χ4n) is 6.51. The minimum absolute atomic E-state index is 0.893. The minimum Gasteiger partial charge on any atom is -0.456 e. The van der Waals surface area contributed by atoms with E-state index in [1.807, 2.05) is 17.4 Å². The molecule has 0 fully saturated rings. The van der Waals surface area contributed by atoms with Gasteiger partial charge in [0.1, 0.15) is 11.2 Å². The van der Waals surface area contributed by atoms with Crippen molar-refractivity contribution in [3.05, 3.63) is 152 Å². The normalized spacial score (nSPS) is 11.7. The van der Waals surface area contributed by atoms with Crippen molar-refractivity contribution in [2.45, 2.75) is 0 Å². The zero-order valence-corrected chi connectivity index (χ0v) is 24.0. The maximum Gasteiger partial charge on any atom is 0.138 e. The molecule has 0 aliphatic rings. The number of nitrogens with zero attached hydrogens (tertiary/aromatic N) is 1. The molecule has 9 aromatic rings. The molecule has 0 unspecified atom stereocenters. The Kier molecular flexibility index (Phi) is 5.40. The van der Waals surface area contributed by atoms with Crippen LogP contribution in [0.1, 0.15) is 0 Å². The molecule has 0 saturated heterocycles. The second-order valence-corrected chi connectivity index (χ2v) is 12.0. The second-order valence-electron chi connectivity index (χ2n) is 10.9. The molecule has 202 valence electrons. The van der Waals surface area contributed by atoms with E-state index in [9.17, 15) is 0 Å². The van der Waals surface area contributed by atoms with Crippen LogP contribution < -0.4 is 4.90 Å². The van der Waals surface area contributed by atoms with Crippen LogP contribution in [0.15, 0.2) is 156 Å². The Hall–Kier alpha value is -5.38. The predicted molar refractivity (Wildman–Crippen MR) is 184 cm³/mol. The number of anilines is 3. The van der Waals surface area contributed by atoms with Crippen molar-refractivity contribution in [2.24, 2.45) is 0 Å². The van der Waals surface area contributed by atoms with Crippen molar-refractivity contribution in [1.29, 1.82) is 0 Å². The van der Waals surface area contributed by atoms with Gasteiger partial charge in [-0.1, -0.05) is 115 Å². The summed E-state index contributed by atoms with van der Waals surface area (Å²) in [6.07, 6.45) is 0. The lowest BCUT2D eigenvalue weighted by Gasteiger charge is -2.27. The van der Waals surface area contributed by atoms with E-state index < -0.39 is 0 Å². The number of thiophene rings is 1. The molecule has 0 saturated carbocycles. The second kappa shape index (κ2) is 9.59. The van der Waals surface area contributed by atoms with Gasteiger partial charge in [0, 0.05) is 43.4 Å². The first-order chi connectivity index (χ1) is 21.3. The molecule has 0 amide bonds. The number of fused-ring (bicyclic) bond motifs is 8. The van der Waals surface area contributed by atoms with E-state index in [4.69, 9.17) is 4.42 Å². The van der Waals surface area contributed by atoms with Crippen LogP contribution in [-0.4, -0.2) is 0 Å². The average molecular weight is 568 g/mol. The molecule has 0 spiro atoms. The molecular weight excluding hydrogens is 543 g/mol. The third kappa shape index (κ3) is 3.79. The van der Waals surface area contributed by atoms with Gasteiger partial charge in [0.25, 0.3) is 0 Å². The molecule has 7 aromatic carbocycles. The molecule has 0 N–H and O–H groups in total. The standard InChI is InChI=1S/C40H25NOS/c1-2-11-26(12-3-1)27-21-23-28(24-22-27)41(34-18-10-17-32-30-14-7-9-20-38(30)43-40(32)34)35-25-37-39(31-15-5-4-13-29(31)35)33-16-6-8-19-36(33)42-37/h1-25H. The van der Waals surface area contributed by atoms with Crippen LogP contribution in [0.5, 0.6) is 0 Å². The first-order valence-corrected chi connectivity index (χ1v) is 15.3. The van der Waals surface area contributed by atoms with Crippen molar-refractivity contribution in [2.75, 3.05) is 4.90 Å². The zero-order chi connectivity index (χ0) is 28.3. The number of rotatable bonds is 4. The Morgan fingerprint density at radius 1 is 0.442 bits per heavy atom. The van der Waals surface area contributed by atoms with Gasteiger partial charge >= 0.3 is 0 Å².